The van der Waals surface area contributed by atoms with Gasteiger partial charge in [-0.3, -0.25) is 9.69 Å². The smallest absolute Gasteiger partial charge is 0.313 e. The van der Waals surface area contributed by atoms with Gasteiger partial charge in [0.15, 0.2) is 0 Å². The van der Waals surface area contributed by atoms with Crippen molar-refractivity contribution in [2.75, 3.05) is 27.4 Å². The topological polar surface area (TPSA) is 38.8 Å². The third kappa shape index (κ3) is 2.03. The molecule has 0 unspecified atom stereocenters. The Bertz CT molecular complexity index is 490. The average molecular weight is 275 g/mol. The summed E-state index contributed by atoms with van der Waals surface area (Å²) >= 11 is 0. The molecule has 0 amide bonds. The number of benzene rings is 1. The van der Waals surface area contributed by atoms with Crippen LogP contribution in [0.5, 0.6) is 0 Å². The zero-order valence-electron chi connectivity index (χ0n) is 12.0. The average Bonchev–Trinajstić information content (AvgIpc) is 3.12. The van der Waals surface area contributed by atoms with E-state index in [1.165, 1.54) is 12.7 Å². The van der Waals surface area contributed by atoms with Gasteiger partial charge in [0.25, 0.3) is 0 Å². The normalized spacial score (nSPS) is 31.9. The fourth-order valence-corrected chi connectivity index (χ4v) is 3.70. The van der Waals surface area contributed by atoms with E-state index in [1.54, 1.807) is 7.11 Å². The summed E-state index contributed by atoms with van der Waals surface area (Å²) in [6.07, 6.45) is 0.943. The van der Waals surface area contributed by atoms with Crippen LogP contribution < -0.4 is 0 Å². The molecule has 0 radical (unpaired) electrons. The second-order valence-electron chi connectivity index (χ2n) is 5.82. The molecule has 0 bridgehead atoms. The quantitative estimate of drug-likeness (QED) is 0.767. The highest BCUT2D eigenvalue weighted by Crippen LogP contribution is 2.62. The van der Waals surface area contributed by atoms with E-state index in [0.29, 0.717) is 12.5 Å². The lowest BCUT2D eigenvalue weighted by atomic mass is 9.96. The fraction of sp³-hybridized carbons (Fsp3) is 0.562. The van der Waals surface area contributed by atoms with E-state index in [2.05, 4.69) is 17.0 Å². The molecule has 1 saturated heterocycles. The SMILES string of the molecule is COC[C@H]1N(Cc2ccccc2)C[C@@H]2C[C@@]21C(=O)OC. The van der Waals surface area contributed by atoms with Crippen LogP contribution in [0.2, 0.25) is 0 Å². The van der Waals surface area contributed by atoms with Crippen molar-refractivity contribution in [2.45, 2.75) is 19.0 Å². The molecule has 20 heavy (non-hydrogen) atoms. The lowest BCUT2D eigenvalue weighted by Crippen LogP contribution is -2.43. The van der Waals surface area contributed by atoms with Crippen LogP contribution >= 0.6 is 0 Å². The minimum absolute atomic E-state index is 0.0693. The molecule has 0 N–H and O–H groups in total. The van der Waals surface area contributed by atoms with Gasteiger partial charge in [-0.25, -0.2) is 0 Å². The number of esters is 1. The van der Waals surface area contributed by atoms with Crippen molar-refractivity contribution < 1.29 is 14.3 Å². The number of likely N-dealkylation sites (tertiary alicyclic amines) is 1. The molecule has 1 aromatic rings. The summed E-state index contributed by atoms with van der Waals surface area (Å²) < 4.78 is 10.4. The van der Waals surface area contributed by atoms with Crippen LogP contribution in [-0.4, -0.2) is 44.3 Å². The summed E-state index contributed by atoms with van der Waals surface area (Å²) in [4.78, 5) is 14.5. The molecule has 4 heteroatoms. The predicted octanol–water partition coefficient (Wildman–Crippen LogP) is 1.70. The highest BCUT2D eigenvalue weighted by atomic mass is 16.5. The molecule has 2 aliphatic rings. The first-order valence-corrected chi connectivity index (χ1v) is 7.07. The number of carbonyl (C=O) groups excluding carboxylic acids is 1. The van der Waals surface area contributed by atoms with Gasteiger partial charge in [0, 0.05) is 26.2 Å². The number of nitrogens with zero attached hydrogens (tertiary/aromatic N) is 1. The van der Waals surface area contributed by atoms with Gasteiger partial charge in [-0.2, -0.15) is 0 Å². The van der Waals surface area contributed by atoms with Crippen molar-refractivity contribution in [3.63, 3.8) is 0 Å². The van der Waals surface area contributed by atoms with Gasteiger partial charge in [-0.05, 0) is 17.9 Å². The molecule has 3 atom stereocenters. The van der Waals surface area contributed by atoms with Gasteiger partial charge >= 0.3 is 5.97 Å². The van der Waals surface area contributed by atoms with Gasteiger partial charge < -0.3 is 9.47 Å². The minimum Gasteiger partial charge on any atom is -0.469 e. The fourth-order valence-electron chi connectivity index (χ4n) is 3.70. The Kier molecular flexibility index (Phi) is 3.52. The van der Waals surface area contributed by atoms with Crippen LogP contribution in [0.3, 0.4) is 0 Å². The van der Waals surface area contributed by atoms with Crippen LogP contribution in [0.1, 0.15) is 12.0 Å². The molecule has 1 saturated carbocycles. The number of carbonyl (C=O) groups is 1. The molecule has 1 aromatic carbocycles. The molecule has 3 rings (SSSR count). The zero-order valence-corrected chi connectivity index (χ0v) is 12.0. The number of hydrogen-bond acceptors (Lipinski definition) is 4. The summed E-state index contributed by atoms with van der Waals surface area (Å²) in [5.41, 5.74) is 0.953. The summed E-state index contributed by atoms with van der Waals surface area (Å²) in [6, 6.07) is 10.5. The number of methoxy groups -OCH3 is 2. The summed E-state index contributed by atoms with van der Waals surface area (Å²) in [6.45, 7) is 2.40. The summed E-state index contributed by atoms with van der Waals surface area (Å²) in [5, 5.41) is 0. The van der Waals surface area contributed by atoms with Crippen LogP contribution in [0.4, 0.5) is 0 Å². The molecule has 2 fully saturated rings. The van der Waals surface area contributed by atoms with Crippen molar-refractivity contribution in [2.24, 2.45) is 11.3 Å². The highest BCUT2D eigenvalue weighted by molar-refractivity contribution is 5.82. The van der Waals surface area contributed by atoms with Crippen LogP contribution in [-0.2, 0) is 20.8 Å². The Balaban J connectivity index is 1.78. The van der Waals surface area contributed by atoms with Crippen molar-refractivity contribution in [1.82, 2.24) is 4.90 Å². The lowest BCUT2D eigenvalue weighted by molar-refractivity contribution is -0.150. The monoisotopic (exact) mass is 275 g/mol. The molecule has 1 aliphatic heterocycles. The maximum atomic E-state index is 12.2. The Morgan fingerprint density at radius 2 is 2.10 bits per heavy atom. The standard InChI is InChI=1S/C16H21NO3/c1-19-11-14-16(15(18)20-2)8-13(16)10-17(14)9-12-6-4-3-5-7-12/h3-7,13-14H,8-11H2,1-2H3/t13-,14+,16+/m0/s1. The van der Waals surface area contributed by atoms with Gasteiger partial charge in [0.2, 0.25) is 0 Å². The third-order valence-electron chi connectivity index (χ3n) is 4.76. The molecule has 1 heterocycles. The number of fused-ring (bicyclic) bond motifs is 1. The van der Waals surface area contributed by atoms with Crippen molar-refractivity contribution in [3.05, 3.63) is 35.9 Å². The Labute approximate surface area is 119 Å². The maximum absolute atomic E-state index is 12.2. The largest absolute Gasteiger partial charge is 0.469 e. The summed E-state index contributed by atoms with van der Waals surface area (Å²) in [7, 11) is 3.18. The second-order valence-corrected chi connectivity index (χ2v) is 5.82. The molecule has 4 nitrogen and oxygen atoms in total. The van der Waals surface area contributed by atoms with Crippen LogP contribution in [0, 0.1) is 11.3 Å². The Morgan fingerprint density at radius 3 is 2.75 bits per heavy atom. The minimum atomic E-state index is -0.320. The van der Waals surface area contributed by atoms with E-state index in [9.17, 15) is 4.79 Å². The van der Waals surface area contributed by atoms with Crippen molar-refractivity contribution >= 4 is 5.97 Å². The predicted molar refractivity (Wildman–Crippen MR) is 75.1 cm³/mol. The van der Waals surface area contributed by atoms with Gasteiger partial charge in [0.05, 0.1) is 19.1 Å². The van der Waals surface area contributed by atoms with E-state index in [4.69, 9.17) is 9.47 Å². The van der Waals surface area contributed by atoms with E-state index in [-0.39, 0.29) is 17.4 Å². The van der Waals surface area contributed by atoms with Gasteiger partial charge in [-0.15, -0.1) is 0 Å². The first kappa shape index (κ1) is 13.6. The zero-order chi connectivity index (χ0) is 14.2. The second kappa shape index (κ2) is 5.19. The van der Waals surface area contributed by atoms with E-state index in [0.717, 1.165) is 19.5 Å². The Morgan fingerprint density at radius 1 is 1.35 bits per heavy atom. The van der Waals surface area contributed by atoms with Crippen LogP contribution in [0.15, 0.2) is 30.3 Å². The van der Waals surface area contributed by atoms with Crippen molar-refractivity contribution in [1.29, 1.82) is 0 Å². The van der Waals surface area contributed by atoms with Crippen LogP contribution in [0.25, 0.3) is 0 Å². The maximum Gasteiger partial charge on any atom is 0.313 e. The molecule has 108 valence electrons. The number of hydrogen-bond donors (Lipinski definition) is 0. The number of rotatable bonds is 5. The van der Waals surface area contributed by atoms with Gasteiger partial charge in [-0.1, -0.05) is 30.3 Å². The molecular weight excluding hydrogens is 254 g/mol. The van der Waals surface area contributed by atoms with Crippen molar-refractivity contribution in [3.8, 4) is 0 Å². The highest BCUT2D eigenvalue weighted by Gasteiger charge is 2.71. The Hall–Kier alpha value is -1.39. The first-order chi connectivity index (χ1) is 9.72. The first-order valence-electron chi connectivity index (χ1n) is 7.07. The molecule has 0 aromatic heterocycles. The van der Waals surface area contributed by atoms with E-state index < -0.39 is 0 Å². The van der Waals surface area contributed by atoms with Gasteiger partial charge in [0.1, 0.15) is 0 Å². The number of piperidine rings is 1. The van der Waals surface area contributed by atoms with E-state index in [1.807, 2.05) is 18.2 Å². The third-order valence-corrected chi connectivity index (χ3v) is 4.76. The summed E-state index contributed by atoms with van der Waals surface area (Å²) in [5.74, 6) is 0.360. The molecular formula is C16H21NO3. The lowest BCUT2D eigenvalue weighted by Gasteiger charge is -2.30. The van der Waals surface area contributed by atoms with E-state index >= 15 is 0 Å². The molecule has 1 aliphatic carbocycles. The number of ether oxygens (including phenoxy) is 2. The molecule has 0 spiro atoms.